The predicted octanol–water partition coefficient (Wildman–Crippen LogP) is 4.53. The fourth-order valence-corrected chi connectivity index (χ4v) is 3.79. The molecule has 144 valence electrons. The summed E-state index contributed by atoms with van der Waals surface area (Å²) >= 11 is 0. The van der Waals surface area contributed by atoms with Crippen LogP contribution in [0.3, 0.4) is 0 Å². The van der Waals surface area contributed by atoms with Gasteiger partial charge in [-0.05, 0) is 36.5 Å². The van der Waals surface area contributed by atoms with Crippen molar-refractivity contribution in [1.29, 1.82) is 0 Å². The van der Waals surface area contributed by atoms with Crippen molar-refractivity contribution in [3.05, 3.63) is 60.2 Å². The minimum absolute atomic E-state index is 0.0136. The molecule has 3 rings (SSSR count). The number of ether oxygens (including phenoxy) is 1. The molecule has 2 aromatic carbocycles. The molecule has 0 heterocycles. The highest BCUT2D eigenvalue weighted by molar-refractivity contribution is 5.96. The number of carbonyl (C=O) groups excluding carboxylic acids is 1. The quantitative estimate of drug-likeness (QED) is 0.733. The van der Waals surface area contributed by atoms with Gasteiger partial charge in [0, 0.05) is 6.54 Å². The van der Waals surface area contributed by atoms with Crippen molar-refractivity contribution in [2.45, 2.75) is 45.1 Å². The van der Waals surface area contributed by atoms with Gasteiger partial charge in [-0.25, -0.2) is 0 Å². The third-order valence-corrected chi connectivity index (χ3v) is 5.28. The van der Waals surface area contributed by atoms with Gasteiger partial charge in [-0.15, -0.1) is 0 Å². The Labute approximate surface area is 162 Å². The molecule has 0 radical (unpaired) electrons. The minimum Gasteiger partial charge on any atom is -0.487 e. The number of nitrogens with two attached hydrogens (primary N) is 1. The van der Waals surface area contributed by atoms with Gasteiger partial charge in [0.25, 0.3) is 0 Å². The van der Waals surface area contributed by atoms with Crippen LogP contribution >= 0.6 is 0 Å². The molecule has 1 amide bonds. The normalized spacial score (nSPS) is 15.1. The highest BCUT2D eigenvalue weighted by Crippen LogP contribution is 2.32. The average molecular weight is 367 g/mol. The van der Waals surface area contributed by atoms with E-state index in [1.54, 1.807) is 0 Å². The molecule has 2 aromatic rings. The van der Waals surface area contributed by atoms with E-state index in [-0.39, 0.29) is 12.5 Å². The van der Waals surface area contributed by atoms with E-state index >= 15 is 0 Å². The van der Waals surface area contributed by atoms with Crippen LogP contribution in [-0.2, 0) is 11.4 Å². The Morgan fingerprint density at radius 1 is 0.963 bits per heavy atom. The predicted molar refractivity (Wildman–Crippen MR) is 110 cm³/mol. The summed E-state index contributed by atoms with van der Waals surface area (Å²) in [7, 11) is 0. The van der Waals surface area contributed by atoms with E-state index in [0.717, 1.165) is 23.5 Å². The van der Waals surface area contributed by atoms with Crippen LogP contribution in [0.5, 0.6) is 5.75 Å². The first-order chi connectivity index (χ1) is 13.3. The third kappa shape index (κ3) is 5.57. The Kier molecular flexibility index (Phi) is 7.28. The third-order valence-electron chi connectivity index (χ3n) is 5.28. The zero-order valence-corrected chi connectivity index (χ0v) is 16.0. The standard InChI is InChI=1S/C23H30N2O2/c24-16-23(26)25(17-19-10-4-1-2-5-11-19)21-14-8-9-15-22(21)27-18-20-12-6-3-7-13-20/h3,6-9,12-15,19H,1-2,4-5,10-11,16-18,24H2. The smallest absolute Gasteiger partial charge is 0.240 e. The molecule has 1 aliphatic carbocycles. The molecule has 0 aromatic heterocycles. The number of hydrogen-bond acceptors (Lipinski definition) is 3. The lowest BCUT2D eigenvalue weighted by Gasteiger charge is -2.28. The van der Waals surface area contributed by atoms with Crippen LogP contribution in [0, 0.1) is 5.92 Å². The van der Waals surface area contributed by atoms with Crippen LogP contribution in [0.2, 0.25) is 0 Å². The van der Waals surface area contributed by atoms with Crippen LogP contribution in [0.4, 0.5) is 5.69 Å². The number of nitrogens with zero attached hydrogens (tertiary/aromatic N) is 1. The molecule has 0 aliphatic heterocycles. The van der Waals surface area contributed by atoms with Crippen molar-refractivity contribution in [3.63, 3.8) is 0 Å². The number of benzene rings is 2. The van der Waals surface area contributed by atoms with E-state index in [4.69, 9.17) is 10.5 Å². The maximum absolute atomic E-state index is 12.6. The van der Waals surface area contributed by atoms with Gasteiger partial charge in [0.05, 0.1) is 12.2 Å². The van der Waals surface area contributed by atoms with Crippen LogP contribution in [-0.4, -0.2) is 19.0 Å². The molecule has 1 fully saturated rings. The number of carbonyl (C=O) groups is 1. The maximum atomic E-state index is 12.6. The summed E-state index contributed by atoms with van der Waals surface area (Å²) in [5.74, 6) is 1.22. The summed E-state index contributed by atoms with van der Waals surface area (Å²) in [6.07, 6.45) is 7.47. The Bertz CT molecular complexity index is 709. The highest BCUT2D eigenvalue weighted by Gasteiger charge is 2.23. The van der Waals surface area contributed by atoms with Gasteiger partial charge in [0.15, 0.2) is 0 Å². The maximum Gasteiger partial charge on any atom is 0.240 e. The number of para-hydroxylation sites is 2. The molecule has 0 unspecified atom stereocenters. The minimum atomic E-state index is -0.0463. The van der Waals surface area contributed by atoms with E-state index in [1.165, 1.54) is 38.5 Å². The molecule has 0 saturated heterocycles. The molecular formula is C23H30N2O2. The van der Waals surface area contributed by atoms with Crippen LogP contribution in [0.1, 0.15) is 44.1 Å². The Balaban J connectivity index is 1.77. The van der Waals surface area contributed by atoms with E-state index in [2.05, 4.69) is 0 Å². The summed E-state index contributed by atoms with van der Waals surface area (Å²) in [4.78, 5) is 14.5. The molecule has 0 bridgehead atoms. The van der Waals surface area contributed by atoms with Crippen molar-refractivity contribution in [2.75, 3.05) is 18.0 Å². The first kappa shape index (κ1) is 19.4. The largest absolute Gasteiger partial charge is 0.487 e. The first-order valence-electron chi connectivity index (χ1n) is 10.0. The summed E-state index contributed by atoms with van der Waals surface area (Å²) in [5, 5.41) is 0. The van der Waals surface area contributed by atoms with Crippen molar-refractivity contribution < 1.29 is 9.53 Å². The van der Waals surface area contributed by atoms with E-state index < -0.39 is 0 Å². The molecule has 4 heteroatoms. The molecule has 27 heavy (non-hydrogen) atoms. The Hall–Kier alpha value is -2.33. The number of anilines is 1. The lowest BCUT2D eigenvalue weighted by molar-refractivity contribution is -0.117. The number of rotatable bonds is 7. The van der Waals surface area contributed by atoms with Crippen molar-refractivity contribution in [3.8, 4) is 5.75 Å². The SMILES string of the molecule is NCC(=O)N(CC1CCCCCC1)c1ccccc1OCc1ccccc1. The summed E-state index contributed by atoms with van der Waals surface area (Å²) in [5.41, 5.74) is 7.66. The van der Waals surface area contributed by atoms with Gasteiger partial charge in [-0.3, -0.25) is 4.79 Å². The van der Waals surface area contributed by atoms with Crippen molar-refractivity contribution >= 4 is 11.6 Å². The second kappa shape index (κ2) is 10.1. The van der Waals surface area contributed by atoms with Gasteiger partial charge in [-0.2, -0.15) is 0 Å². The monoisotopic (exact) mass is 366 g/mol. The second-order valence-corrected chi connectivity index (χ2v) is 7.31. The average Bonchev–Trinajstić information content (AvgIpc) is 3.00. The topological polar surface area (TPSA) is 55.6 Å². The van der Waals surface area contributed by atoms with Crippen LogP contribution in [0.15, 0.2) is 54.6 Å². The summed E-state index contributed by atoms with van der Waals surface area (Å²) < 4.78 is 6.08. The van der Waals surface area contributed by atoms with Gasteiger partial charge >= 0.3 is 0 Å². The van der Waals surface area contributed by atoms with E-state index in [0.29, 0.717) is 12.5 Å². The first-order valence-corrected chi connectivity index (χ1v) is 10.0. The van der Waals surface area contributed by atoms with Crippen molar-refractivity contribution in [1.82, 2.24) is 0 Å². The molecule has 1 saturated carbocycles. The zero-order valence-electron chi connectivity index (χ0n) is 16.0. The molecule has 1 aliphatic rings. The highest BCUT2D eigenvalue weighted by atomic mass is 16.5. The summed E-state index contributed by atoms with van der Waals surface area (Å²) in [6.45, 7) is 1.22. The lowest BCUT2D eigenvalue weighted by atomic mass is 9.99. The lowest BCUT2D eigenvalue weighted by Crippen LogP contribution is -2.39. The summed E-state index contributed by atoms with van der Waals surface area (Å²) in [6, 6.07) is 17.9. The van der Waals surface area contributed by atoms with E-state index in [1.807, 2.05) is 59.5 Å². The Morgan fingerprint density at radius 2 is 1.63 bits per heavy atom. The van der Waals surface area contributed by atoms with Gasteiger partial charge in [0.2, 0.25) is 5.91 Å². The zero-order chi connectivity index (χ0) is 18.9. The van der Waals surface area contributed by atoms with Gasteiger partial charge < -0.3 is 15.4 Å². The van der Waals surface area contributed by atoms with Crippen molar-refractivity contribution in [2.24, 2.45) is 11.7 Å². The molecule has 2 N–H and O–H groups in total. The second-order valence-electron chi connectivity index (χ2n) is 7.31. The molecular weight excluding hydrogens is 336 g/mol. The fraction of sp³-hybridized carbons (Fsp3) is 0.435. The number of hydrogen-bond donors (Lipinski definition) is 1. The number of amides is 1. The van der Waals surface area contributed by atoms with Crippen LogP contribution in [0.25, 0.3) is 0 Å². The molecule has 4 nitrogen and oxygen atoms in total. The van der Waals surface area contributed by atoms with Gasteiger partial charge in [-0.1, -0.05) is 68.1 Å². The van der Waals surface area contributed by atoms with Gasteiger partial charge in [0.1, 0.15) is 12.4 Å². The van der Waals surface area contributed by atoms with Crippen LogP contribution < -0.4 is 15.4 Å². The fourth-order valence-electron chi connectivity index (χ4n) is 3.79. The van der Waals surface area contributed by atoms with E-state index in [9.17, 15) is 4.79 Å². The molecule has 0 atom stereocenters. The Morgan fingerprint density at radius 3 is 2.33 bits per heavy atom. The molecule has 0 spiro atoms.